The number of nitrogens with one attached hydrogen (secondary N) is 2. The largest absolute Gasteiger partial charge is 0.355 e. The highest BCUT2D eigenvalue weighted by molar-refractivity contribution is 5.38. The lowest BCUT2D eigenvalue weighted by Gasteiger charge is -2.20. The number of hydrogen-bond acceptors (Lipinski definition) is 4. The van der Waals surface area contributed by atoms with Crippen molar-refractivity contribution in [3.63, 3.8) is 0 Å². The smallest absolute Gasteiger partial charge is 0.349 e. The second-order valence-electron chi connectivity index (χ2n) is 6.74. The van der Waals surface area contributed by atoms with Crippen molar-refractivity contribution in [1.82, 2.24) is 14.5 Å². The van der Waals surface area contributed by atoms with Gasteiger partial charge in [0.05, 0.1) is 6.04 Å². The molecule has 2 N–H and O–H groups in total. The molecule has 6 heteroatoms. The Morgan fingerprint density at radius 2 is 1.83 bits per heavy atom. The number of rotatable bonds is 4. The molecule has 0 amide bonds. The monoisotopic (exact) mass is 328 g/mol. The molecule has 1 aliphatic rings. The van der Waals surface area contributed by atoms with Crippen molar-refractivity contribution >= 4 is 5.95 Å². The van der Waals surface area contributed by atoms with Gasteiger partial charge in [-0.3, -0.25) is 4.98 Å². The number of aromatic amines is 1. The average molecular weight is 328 g/mol. The van der Waals surface area contributed by atoms with Crippen molar-refractivity contribution < 1.29 is 0 Å². The molecule has 0 unspecified atom stereocenters. The second-order valence-corrected chi connectivity index (χ2v) is 6.74. The first-order valence-electron chi connectivity index (χ1n) is 8.57. The number of hydrogen-bond donors (Lipinski definition) is 2. The highest BCUT2D eigenvalue weighted by Crippen LogP contribution is 2.25. The summed E-state index contributed by atoms with van der Waals surface area (Å²) in [4.78, 5) is 30.6. The van der Waals surface area contributed by atoms with Gasteiger partial charge in [-0.2, -0.15) is 4.98 Å². The van der Waals surface area contributed by atoms with E-state index in [1.807, 2.05) is 6.92 Å². The minimum atomic E-state index is -0.533. The fourth-order valence-corrected chi connectivity index (χ4v) is 3.26. The zero-order valence-corrected chi connectivity index (χ0v) is 14.4. The van der Waals surface area contributed by atoms with E-state index in [0.717, 1.165) is 23.0 Å². The molecule has 1 heterocycles. The summed E-state index contributed by atoms with van der Waals surface area (Å²) in [5.41, 5.74) is 3.00. The maximum Gasteiger partial charge on any atom is 0.355 e. The Balaban J connectivity index is 1.84. The average Bonchev–Trinajstić information content (AvgIpc) is 2.53. The zero-order chi connectivity index (χ0) is 17.3. The first-order chi connectivity index (χ1) is 11.5. The zero-order valence-electron chi connectivity index (χ0n) is 14.4. The van der Waals surface area contributed by atoms with E-state index in [1.54, 1.807) is 13.8 Å². The van der Waals surface area contributed by atoms with E-state index >= 15 is 0 Å². The molecule has 0 fully saturated rings. The van der Waals surface area contributed by atoms with Crippen LogP contribution in [0.15, 0.2) is 27.8 Å². The van der Waals surface area contributed by atoms with Gasteiger partial charge < -0.3 is 5.32 Å². The first-order valence-corrected chi connectivity index (χ1v) is 8.57. The maximum atomic E-state index is 12.0. The van der Waals surface area contributed by atoms with Crippen molar-refractivity contribution in [3.8, 4) is 0 Å². The number of nitrogens with zero attached hydrogens (tertiary/aromatic N) is 2. The van der Waals surface area contributed by atoms with Gasteiger partial charge in [0, 0.05) is 6.04 Å². The van der Waals surface area contributed by atoms with Crippen LogP contribution in [-0.2, 0) is 12.8 Å². The van der Waals surface area contributed by atoms with E-state index in [2.05, 4.69) is 33.5 Å². The molecule has 1 aromatic carbocycles. The maximum absolute atomic E-state index is 12.0. The van der Waals surface area contributed by atoms with Crippen LogP contribution < -0.4 is 16.7 Å². The number of fused-ring (bicyclic) bond motifs is 1. The van der Waals surface area contributed by atoms with Gasteiger partial charge in [0.15, 0.2) is 0 Å². The topological polar surface area (TPSA) is 79.8 Å². The third-order valence-corrected chi connectivity index (χ3v) is 4.60. The third kappa shape index (κ3) is 3.27. The molecule has 128 valence electrons. The van der Waals surface area contributed by atoms with Gasteiger partial charge in [0.25, 0.3) is 0 Å². The van der Waals surface area contributed by atoms with Crippen LogP contribution >= 0.6 is 0 Å². The SMILES string of the molecule is CC(C)n1c(=O)nc(N[C@@H](C)c2ccc3c(c2)CCCC3)[nH]c1=O. The highest BCUT2D eigenvalue weighted by Gasteiger charge is 2.14. The predicted octanol–water partition coefficient (Wildman–Crippen LogP) is 2.56. The fraction of sp³-hybridized carbons (Fsp3) is 0.500. The van der Waals surface area contributed by atoms with Crippen LogP contribution in [0.1, 0.15) is 62.4 Å². The van der Waals surface area contributed by atoms with E-state index in [0.29, 0.717) is 0 Å². The number of H-pyrrole nitrogens is 1. The van der Waals surface area contributed by atoms with Crippen molar-refractivity contribution in [2.24, 2.45) is 0 Å². The molecular formula is C18H24N4O2. The minimum Gasteiger partial charge on any atom is -0.349 e. The molecule has 1 aromatic heterocycles. The summed E-state index contributed by atoms with van der Waals surface area (Å²) < 4.78 is 1.11. The molecule has 1 atom stereocenters. The number of aryl methyl sites for hydroxylation is 2. The number of benzene rings is 1. The molecule has 24 heavy (non-hydrogen) atoms. The van der Waals surface area contributed by atoms with Crippen LogP contribution in [0, 0.1) is 0 Å². The van der Waals surface area contributed by atoms with E-state index in [4.69, 9.17) is 0 Å². The van der Waals surface area contributed by atoms with Crippen molar-refractivity contribution in [1.29, 1.82) is 0 Å². The van der Waals surface area contributed by atoms with Gasteiger partial charge in [-0.25, -0.2) is 14.2 Å². The summed E-state index contributed by atoms with van der Waals surface area (Å²) in [5.74, 6) is 0.215. The van der Waals surface area contributed by atoms with Crippen LogP contribution in [0.2, 0.25) is 0 Å². The van der Waals surface area contributed by atoms with E-state index in [1.165, 1.54) is 24.0 Å². The normalized spacial score (nSPS) is 15.2. The summed E-state index contributed by atoms with van der Waals surface area (Å²) in [7, 11) is 0. The lowest BCUT2D eigenvalue weighted by Crippen LogP contribution is -2.39. The molecule has 0 spiro atoms. The lowest BCUT2D eigenvalue weighted by molar-refractivity contribution is 0.529. The molecule has 0 saturated carbocycles. The van der Waals surface area contributed by atoms with Gasteiger partial charge in [-0.05, 0) is 63.1 Å². The Morgan fingerprint density at radius 1 is 1.12 bits per heavy atom. The van der Waals surface area contributed by atoms with E-state index in [-0.39, 0.29) is 18.0 Å². The van der Waals surface area contributed by atoms with Crippen LogP contribution in [0.4, 0.5) is 5.95 Å². The van der Waals surface area contributed by atoms with Gasteiger partial charge in [0.1, 0.15) is 0 Å². The number of aromatic nitrogens is 3. The Bertz CT molecular complexity index is 820. The van der Waals surface area contributed by atoms with Gasteiger partial charge in [0.2, 0.25) is 5.95 Å². The van der Waals surface area contributed by atoms with Gasteiger partial charge >= 0.3 is 11.4 Å². The molecular weight excluding hydrogens is 304 g/mol. The van der Waals surface area contributed by atoms with Crippen molar-refractivity contribution in [3.05, 3.63) is 55.9 Å². The molecule has 3 rings (SSSR count). The van der Waals surface area contributed by atoms with E-state index in [9.17, 15) is 9.59 Å². The van der Waals surface area contributed by atoms with Gasteiger partial charge in [-0.15, -0.1) is 0 Å². The molecule has 0 radical (unpaired) electrons. The molecule has 2 aromatic rings. The number of anilines is 1. The first kappa shape index (κ1) is 16.5. The quantitative estimate of drug-likeness (QED) is 0.904. The molecule has 6 nitrogen and oxygen atoms in total. The minimum absolute atomic E-state index is 0.0466. The van der Waals surface area contributed by atoms with Crippen molar-refractivity contribution in [2.75, 3.05) is 5.32 Å². The summed E-state index contributed by atoms with van der Waals surface area (Å²) in [6, 6.07) is 6.25. The summed E-state index contributed by atoms with van der Waals surface area (Å²) in [6.45, 7) is 5.56. The Labute approximate surface area is 141 Å². The molecule has 0 saturated heterocycles. The fourth-order valence-electron chi connectivity index (χ4n) is 3.26. The van der Waals surface area contributed by atoms with Crippen LogP contribution in [0.5, 0.6) is 0 Å². The summed E-state index contributed by atoms with van der Waals surface area (Å²) in [5, 5.41) is 3.13. The molecule has 0 bridgehead atoms. The van der Waals surface area contributed by atoms with E-state index < -0.39 is 11.4 Å². The van der Waals surface area contributed by atoms with Gasteiger partial charge in [-0.1, -0.05) is 18.2 Å². The second kappa shape index (κ2) is 6.63. The Hall–Kier alpha value is -2.37. The van der Waals surface area contributed by atoms with Crippen molar-refractivity contribution in [2.45, 2.75) is 58.5 Å². The highest BCUT2D eigenvalue weighted by atomic mass is 16.2. The lowest BCUT2D eigenvalue weighted by atomic mass is 9.89. The van der Waals surface area contributed by atoms with Crippen LogP contribution in [-0.4, -0.2) is 14.5 Å². The van der Waals surface area contributed by atoms with Crippen LogP contribution in [0.25, 0.3) is 0 Å². The third-order valence-electron chi connectivity index (χ3n) is 4.60. The van der Waals surface area contributed by atoms with Crippen LogP contribution in [0.3, 0.4) is 0 Å². The predicted molar refractivity (Wildman–Crippen MR) is 94.6 cm³/mol. The molecule has 0 aliphatic heterocycles. The summed E-state index contributed by atoms with van der Waals surface area (Å²) in [6.07, 6.45) is 4.77. The standard InChI is InChI=1S/C18H24N4O2/c1-11(2)22-17(23)20-16(21-18(22)24)19-12(3)14-9-8-13-6-4-5-7-15(13)10-14/h8-12H,4-7H2,1-3H3,(H2,19,20,21,23,24)/t12-/m0/s1. The molecule has 1 aliphatic carbocycles. The summed E-state index contributed by atoms with van der Waals surface area (Å²) >= 11 is 0. The Kier molecular flexibility index (Phi) is 4.55. The Morgan fingerprint density at radius 3 is 2.50 bits per heavy atom.